The number of ether oxygens (including phenoxy) is 1. The molecule has 0 aliphatic carbocycles. The molecule has 0 aliphatic heterocycles. The van der Waals surface area contributed by atoms with Crippen LogP contribution in [0.2, 0.25) is 0 Å². The molecule has 2 rings (SSSR count). The third kappa shape index (κ3) is 4.15. The fraction of sp³-hybridized carbons (Fsp3) is 0.250. The molecule has 0 amide bonds. The Kier molecular flexibility index (Phi) is 5.68. The molecule has 2 heteroatoms. The van der Waals surface area contributed by atoms with E-state index < -0.39 is 0 Å². The number of hydrogen-bond donors (Lipinski definition) is 0. The van der Waals surface area contributed by atoms with Crippen molar-refractivity contribution in [2.75, 3.05) is 6.61 Å². The van der Waals surface area contributed by atoms with Gasteiger partial charge in [0.1, 0.15) is 0 Å². The van der Waals surface area contributed by atoms with Crippen LogP contribution in [0.1, 0.15) is 25.8 Å². The van der Waals surface area contributed by atoms with Gasteiger partial charge in [-0.3, -0.25) is 4.79 Å². The van der Waals surface area contributed by atoms with Gasteiger partial charge in [-0.1, -0.05) is 55.1 Å². The van der Waals surface area contributed by atoms with E-state index in [0.717, 1.165) is 16.7 Å². The number of carbonyl (C=O) groups excluding carboxylic acids is 1. The Morgan fingerprint density at radius 3 is 2.59 bits per heavy atom. The Morgan fingerprint density at radius 1 is 1.18 bits per heavy atom. The molecule has 0 unspecified atom stereocenters. The summed E-state index contributed by atoms with van der Waals surface area (Å²) in [5.74, 6) is 0.0115. The molecule has 0 aromatic heterocycles. The smallest absolute Gasteiger partial charge is 0.165 e. The zero-order valence-electron chi connectivity index (χ0n) is 13.1. The lowest BCUT2D eigenvalue weighted by molar-refractivity contribution is -0.115. The van der Waals surface area contributed by atoms with E-state index in [1.54, 1.807) is 0 Å². The average Bonchev–Trinajstić information content (AvgIpc) is 2.54. The number of allylic oxidation sites excluding steroid dienone is 1. The van der Waals surface area contributed by atoms with Crippen LogP contribution in [0.5, 0.6) is 0 Å². The van der Waals surface area contributed by atoms with E-state index in [2.05, 4.69) is 12.6 Å². The minimum Gasteiger partial charge on any atom is -0.378 e. The van der Waals surface area contributed by atoms with E-state index in [-0.39, 0.29) is 11.9 Å². The van der Waals surface area contributed by atoms with Gasteiger partial charge >= 0.3 is 0 Å². The summed E-state index contributed by atoms with van der Waals surface area (Å²) < 4.78 is 5.44. The Morgan fingerprint density at radius 2 is 1.91 bits per heavy atom. The van der Waals surface area contributed by atoms with E-state index in [0.29, 0.717) is 18.6 Å². The first-order valence-electron chi connectivity index (χ1n) is 7.50. The Balaban J connectivity index is 2.18. The second kappa shape index (κ2) is 7.71. The summed E-state index contributed by atoms with van der Waals surface area (Å²) in [4.78, 5) is 12.3. The molecule has 2 aromatic carbocycles. The largest absolute Gasteiger partial charge is 0.378 e. The number of Topliss-reactive ketones (excluding diaryl/α,β-unsaturated/α-hetero) is 1. The fourth-order valence-corrected chi connectivity index (χ4v) is 2.22. The van der Waals surface area contributed by atoms with Crippen molar-refractivity contribution in [1.29, 1.82) is 0 Å². The van der Waals surface area contributed by atoms with Gasteiger partial charge in [0, 0.05) is 12.0 Å². The van der Waals surface area contributed by atoms with Crippen LogP contribution in [0.3, 0.4) is 0 Å². The third-order valence-corrected chi connectivity index (χ3v) is 3.36. The number of benzene rings is 2. The molecule has 113 valence electrons. The van der Waals surface area contributed by atoms with Crippen LogP contribution < -0.4 is 0 Å². The minimum absolute atomic E-state index is 0.0115. The van der Waals surface area contributed by atoms with E-state index in [1.807, 2.05) is 62.4 Å². The van der Waals surface area contributed by atoms with Crippen molar-refractivity contribution in [3.05, 3.63) is 66.7 Å². The molecule has 0 bridgehead atoms. The monoisotopic (exact) mass is 293 g/mol. The molecular formula is C20H21O2. The van der Waals surface area contributed by atoms with Gasteiger partial charge in [0.15, 0.2) is 5.78 Å². The zero-order chi connectivity index (χ0) is 15.9. The summed E-state index contributed by atoms with van der Waals surface area (Å²) in [6.07, 6.45) is 0.478. The van der Waals surface area contributed by atoms with Crippen molar-refractivity contribution in [2.45, 2.75) is 26.4 Å². The van der Waals surface area contributed by atoms with Gasteiger partial charge < -0.3 is 4.74 Å². The standard InChI is InChI=1S/C20H21O2/c1-15(2)22-14-13-20(21)16(3)18-11-7-8-12-19(18)17-9-5-4-6-10-17/h4-11,15H,3,13-14H2,1-2H3. The minimum atomic E-state index is 0.0115. The summed E-state index contributed by atoms with van der Waals surface area (Å²) >= 11 is 0. The van der Waals surface area contributed by atoms with Gasteiger partial charge in [0.2, 0.25) is 0 Å². The van der Waals surface area contributed by atoms with Gasteiger partial charge in [-0.15, -0.1) is 0 Å². The first-order valence-corrected chi connectivity index (χ1v) is 7.50. The van der Waals surface area contributed by atoms with Crippen LogP contribution >= 0.6 is 0 Å². The SMILES string of the molecule is C=C(C(=O)CCOC(C)C)c1ccc[c]c1-c1ccccc1. The highest BCUT2D eigenvalue weighted by Crippen LogP contribution is 2.28. The highest BCUT2D eigenvalue weighted by molar-refractivity contribution is 6.21. The first-order chi connectivity index (χ1) is 10.6. The predicted octanol–water partition coefficient (Wildman–Crippen LogP) is 4.55. The van der Waals surface area contributed by atoms with E-state index in [4.69, 9.17) is 4.74 Å². The number of carbonyl (C=O) groups is 1. The van der Waals surface area contributed by atoms with Crippen LogP contribution in [-0.2, 0) is 9.53 Å². The normalized spacial score (nSPS) is 10.7. The predicted molar refractivity (Wildman–Crippen MR) is 90.5 cm³/mol. The second-order valence-corrected chi connectivity index (χ2v) is 5.40. The van der Waals surface area contributed by atoms with E-state index in [1.165, 1.54) is 0 Å². The quantitative estimate of drug-likeness (QED) is 0.700. The van der Waals surface area contributed by atoms with Gasteiger partial charge in [-0.25, -0.2) is 0 Å². The Bertz CT molecular complexity index is 642. The van der Waals surface area contributed by atoms with Crippen molar-refractivity contribution in [3.8, 4) is 11.1 Å². The molecule has 0 saturated heterocycles. The summed E-state index contributed by atoms with van der Waals surface area (Å²) in [6, 6.07) is 18.8. The van der Waals surface area contributed by atoms with Gasteiger partial charge in [0.25, 0.3) is 0 Å². The molecule has 0 N–H and O–H groups in total. The molecule has 2 nitrogen and oxygen atoms in total. The van der Waals surface area contributed by atoms with Crippen molar-refractivity contribution in [3.63, 3.8) is 0 Å². The van der Waals surface area contributed by atoms with Gasteiger partial charge in [-0.05, 0) is 36.6 Å². The molecule has 1 radical (unpaired) electrons. The molecule has 2 aromatic rings. The van der Waals surface area contributed by atoms with Crippen molar-refractivity contribution < 1.29 is 9.53 Å². The number of rotatable bonds is 7. The Labute approximate surface area is 132 Å². The second-order valence-electron chi connectivity index (χ2n) is 5.40. The van der Waals surface area contributed by atoms with Gasteiger partial charge in [0.05, 0.1) is 12.7 Å². The van der Waals surface area contributed by atoms with Crippen LogP contribution in [0.15, 0.2) is 55.1 Å². The average molecular weight is 293 g/mol. The molecule has 22 heavy (non-hydrogen) atoms. The lowest BCUT2D eigenvalue weighted by Gasteiger charge is -2.12. The van der Waals surface area contributed by atoms with Crippen molar-refractivity contribution >= 4 is 11.4 Å². The summed E-state index contributed by atoms with van der Waals surface area (Å²) in [6.45, 7) is 8.32. The summed E-state index contributed by atoms with van der Waals surface area (Å²) in [5, 5.41) is 0. The van der Waals surface area contributed by atoms with Crippen LogP contribution in [0.4, 0.5) is 0 Å². The molecule has 0 fully saturated rings. The molecule has 0 saturated carbocycles. The molecule has 0 heterocycles. The topological polar surface area (TPSA) is 26.3 Å². The zero-order valence-corrected chi connectivity index (χ0v) is 13.1. The highest BCUT2D eigenvalue weighted by atomic mass is 16.5. The van der Waals surface area contributed by atoms with E-state index in [9.17, 15) is 4.79 Å². The molecule has 0 atom stereocenters. The summed E-state index contributed by atoms with van der Waals surface area (Å²) in [5.41, 5.74) is 3.29. The lowest BCUT2D eigenvalue weighted by atomic mass is 9.92. The fourth-order valence-electron chi connectivity index (χ4n) is 2.22. The third-order valence-electron chi connectivity index (χ3n) is 3.36. The van der Waals surface area contributed by atoms with Crippen LogP contribution in [0.25, 0.3) is 16.7 Å². The molecule has 0 aliphatic rings. The first kappa shape index (κ1) is 16.2. The Hall–Kier alpha value is -2.19. The van der Waals surface area contributed by atoms with Gasteiger partial charge in [-0.2, -0.15) is 0 Å². The van der Waals surface area contributed by atoms with E-state index >= 15 is 0 Å². The number of ketones is 1. The number of hydrogen-bond acceptors (Lipinski definition) is 2. The maximum Gasteiger partial charge on any atom is 0.165 e. The maximum atomic E-state index is 12.3. The van der Waals surface area contributed by atoms with Crippen molar-refractivity contribution in [1.82, 2.24) is 0 Å². The maximum absolute atomic E-state index is 12.3. The molecular weight excluding hydrogens is 272 g/mol. The lowest BCUT2D eigenvalue weighted by Crippen LogP contribution is -2.10. The van der Waals surface area contributed by atoms with Crippen molar-refractivity contribution in [2.24, 2.45) is 0 Å². The highest BCUT2D eigenvalue weighted by Gasteiger charge is 2.14. The van der Waals surface area contributed by atoms with Crippen LogP contribution in [0, 0.1) is 6.07 Å². The molecule has 0 spiro atoms. The summed E-state index contributed by atoms with van der Waals surface area (Å²) in [7, 11) is 0. The van der Waals surface area contributed by atoms with Crippen LogP contribution in [-0.4, -0.2) is 18.5 Å².